The van der Waals surface area contributed by atoms with Crippen molar-refractivity contribution >= 4 is 17.6 Å². The molecule has 1 aliphatic rings. The van der Waals surface area contributed by atoms with Crippen LogP contribution in [-0.2, 0) is 14.3 Å². The first-order valence-electron chi connectivity index (χ1n) is 6.20. The number of halogens is 1. The summed E-state index contributed by atoms with van der Waals surface area (Å²) in [4.78, 5) is 11.7. The second-order valence-electron chi connectivity index (χ2n) is 4.78. The number of rotatable bonds is 2. The van der Waals surface area contributed by atoms with Crippen LogP contribution in [0.3, 0.4) is 0 Å². The first-order valence-corrected chi connectivity index (χ1v) is 6.57. The van der Waals surface area contributed by atoms with Gasteiger partial charge < -0.3 is 9.47 Å². The van der Waals surface area contributed by atoms with Crippen molar-refractivity contribution < 1.29 is 14.3 Å². The fourth-order valence-electron chi connectivity index (χ4n) is 2.35. The molecule has 0 amide bonds. The van der Waals surface area contributed by atoms with E-state index in [1.165, 1.54) is 7.11 Å². The van der Waals surface area contributed by atoms with E-state index in [-0.39, 0.29) is 18.0 Å². The van der Waals surface area contributed by atoms with Gasteiger partial charge in [-0.1, -0.05) is 36.7 Å². The summed E-state index contributed by atoms with van der Waals surface area (Å²) in [5, 5.41) is 0.684. The molecule has 0 fully saturated rings. The van der Waals surface area contributed by atoms with Gasteiger partial charge in [-0.15, -0.1) is 0 Å². The van der Waals surface area contributed by atoms with Crippen LogP contribution in [0.4, 0.5) is 0 Å². The molecule has 3 atom stereocenters. The Balaban J connectivity index is 2.27. The smallest absolute Gasteiger partial charge is 0.339 e. The maximum absolute atomic E-state index is 11.7. The second kappa shape index (κ2) is 5.76. The molecule has 0 unspecified atom stereocenters. The molecule has 1 aliphatic heterocycles. The van der Waals surface area contributed by atoms with Crippen LogP contribution in [0.25, 0.3) is 0 Å². The molecule has 0 saturated carbocycles. The maximum atomic E-state index is 11.7. The van der Waals surface area contributed by atoms with Gasteiger partial charge in [-0.05, 0) is 30.2 Å². The number of methoxy groups -OCH3 is 1. The van der Waals surface area contributed by atoms with Crippen molar-refractivity contribution in [2.75, 3.05) is 7.11 Å². The van der Waals surface area contributed by atoms with Gasteiger partial charge in [0.1, 0.15) is 0 Å². The number of carbonyl (C=O) groups excluding carboxylic acids is 1. The van der Waals surface area contributed by atoms with E-state index < -0.39 is 6.10 Å². The van der Waals surface area contributed by atoms with E-state index in [9.17, 15) is 4.79 Å². The average Bonchev–Trinajstić information content (AvgIpc) is 2.39. The zero-order valence-corrected chi connectivity index (χ0v) is 12.0. The number of hydrogen-bond acceptors (Lipinski definition) is 3. The van der Waals surface area contributed by atoms with Crippen LogP contribution in [0.5, 0.6) is 0 Å². The Morgan fingerprint density at radius 3 is 2.53 bits per heavy atom. The fraction of sp³-hybridized carbons (Fsp3) is 0.400. The highest BCUT2D eigenvalue weighted by Gasteiger charge is 2.33. The molecule has 0 spiro atoms. The van der Waals surface area contributed by atoms with Gasteiger partial charge >= 0.3 is 5.97 Å². The second-order valence-corrected chi connectivity index (χ2v) is 5.22. The van der Waals surface area contributed by atoms with Gasteiger partial charge in [0, 0.05) is 10.9 Å². The monoisotopic (exact) mass is 280 g/mol. The molecule has 0 aliphatic carbocycles. The number of benzene rings is 1. The molecule has 0 radical (unpaired) electrons. The quantitative estimate of drug-likeness (QED) is 0.614. The molecule has 4 heteroatoms. The lowest BCUT2D eigenvalue weighted by molar-refractivity contribution is -0.157. The summed E-state index contributed by atoms with van der Waals surface area (Å²) in [7, 11) is 1.37. The molecule has 1 aromatic carbocycles. The Kier molecular flexibility index (Phi) is 4.27. The molecular weight excluding hydrogens is 264 g/mol. The molecule has 3 nitrogen and oxygen atoms in total. The van der Waals surface area contributed by atoms with Crippen molar-refractivity contribution in [2.24, 2.45) is 5.92 Å². The predicted octanol–water partition coefficient (Wildman–Crippen LogP) is 3.54. The van der Waals surface area contributed by atoms with Crippen molar-refractivity contribution in [3.8, 4) is 0 Å². The summed E-state index contributed by atoms with van der Waals surface area (Å²) in [5.74, 6) is -0.165. The standard InChI is InChI=1S/C15H17ClO3/c1-9-8-10(2)14(15(17)18-3)19-13(9)11-4-6-12(16)7-5-11/h4-9,13-14H,1-3H3/t9-,13-,14-/m0/s1. The molecule has 0 aromatic heterocycles. The molecule has 0 saturated heterocycles. The molecule has 2 rings (SSSR count). The molecular formula is C15H17ClO3. The topological polar surface area (TPSA) is 35.5 Å². The van der Waals surface area contributed by atoms with E-state index >= 15 is 0 Å². The molecule has 1 heterocycles. The summed E-state index contributed by atoms with van der Waals surface area (Å²) in [6.07, 6.45) is 1.27. The third kappa shape index (κ3) is 2.99. The predicted molar refractivity (Wildman–Crippen MR) is 74.0 cm³/mol. The number of hydrogen-bond donors (Lipinski definition) is 0. The zero-order chi connectivity index (χ0) is 14.0. The number of esters is 1. The minimum Gasteiger partial charge on any atom is -0.467 e. The van der Waals surface area contributed by atoms with Crippen LogP contribution in [0, 0.1) is 5.92 Å². The highest BCUT2D eigenvalue weighted by molar-refractivity contribution is 6.30. The van der Waals surface area contributed by atoms with Crippen LogP contribution in [0.2, 0.25) is 5.02 Å². The third-order valence-electron chi connectivity index (χ3n) is 3.31. The van der Waals surface area contributed by atoms with E-state index in [4.69, 9.17) is 21.1 Å². The minimum atomic E-state index is -0.623. The van der Waals surface area contributed by atoms with Crippen LogP contribution >= 0.6 is 11.6 Å². The summed E-state index contributed by atoms with van der Waals surface area (Å²) in [5.41, 5.74) is 1.90. The van der Waals surface area contributed by atoms with Crippen molar-refractivity contribution in [3.05, 3.63) is 46.5 Å². The minimum absolute atomic E-state index is 0.162. The Morgan fingerprint density at radius 2 is 1.95 bits per heavy atom. The Bertz CT molecular complexity index is 493. The summed E-state index contributed by atoms with van der Waals surface area (Å²) < 4.78 is 10.7. The normalized spacial score (nSPS) is 26.7. The van der Waals surface area contributed by atoms with Gasteiger partial charge in [-0.2, -0.15) is 0 Å². The van der Waals surface area contributed by atoms with Crippen molar-refractivity contribution in [3.63, 3.8) is 0 Å². The fourth-order valence-corrected chi connectivity index (χ4v) is 2.48. The highest BCUT2D eigenvalue weighted by atomic mass is 35.5. The van der Waals surface area contributed by atoms with Crippen molar-refractivity contribution in [1.82, 2.24) is 0 Å². The lowest BCUT2D eigenvalue weighted by Gasteiger charge is -2.32. The van der Waals surface area contributed by atoms with E-state index in [0.29, 0.717) is 5.02 Å². The Morgan fingerprint density at radius 1 is 1.32 bits per heavy atom. The number of ether oxygens (including phenoxy) is 2. The zero-order valence-electron chi connectivity index (χ0n) is 11.2. The van der Waals surface area contributed by atoms with Gasteiger partial charge in [-0.25, -0.2) is 4.79 Å². The van der Waals surface area contributed by atoms with Gasteiger partial charge in [0.15, 0.2) is 6.10 Å². The highest BCUT2D eigenvalue weighted by Crippen LogP contribution is 2.35. The lowest BCUT2D eigenvalue weighted by Crippen LogP contribution is -2.34. The number of carbonyl (C=O) groups is 1. The molecule has 102 valence electrons. The maximum Gasteiger partial charge on any atom is 0.339 e. The first-order chi connectivity index (χ1) is 9.02. The molecule has 0 bridgehead atoms. The summed E-state index contributed by atoms with van der Waals surface area (Å²) >= 11 is 5.88. The largest absolute Gasteiger partial charge is 0.467 e. The summed E-state index contributed by atoms with van der Waals surface area (Å²) in [6, 6.07) is 7.50. The Labute approximate surface area is 118 Å². The van der Waals surface area contributed by atoms with Gasteiger partial charge in [0.2, 0.25) is 0 Å². The van der Waals surface area contributed by atoms with E-state index in [2.05, 4.69) is 13.0 Å². The van der Waals surface area contributed by atoms with Crippen LogP contribution in [0.1, 0.15) is 25.5 Å². The molecule has 19 heavy (non-hydrogen) atoms. The SMILES string of the molecule is COC(=O)[C@H]1O[C@H](c2ccc(Cl)cc2)[C@@H](C)C=C1C. The first kappa shape index (κ1) is 14.1. The van der Waals surface area contributed by atoms with E-state index in [1.54, 1.807) is 0 Å². The van der Waals surface area contributed by atoms with E-state index in [1.807, 2.05) is 31.2 Å². The van der Waals surface area contributed by atoms with Crippen LogP contribution in [0.15, 0.2) is 35.9 Å². The molecule has 1 aromatic rings. The van der Waals surface area contributed by atoms with Gasteiger partial charge in [-0.3, -0.25) is 0 Å². The Hall–Kier alpha value is -1.32. The van der Waals surface area contributed by atoms with E-state index in [0.717, 1.165) is 11.1 Å². The van der Waals surface area contributed by atoms with Crippen molar-refractivity contribution in [2.45, 2.75) is 26.1 Å². The average molecular weight is 281 g/mol. The van der Waals surface area contributed by atoms with Crippen molar-refractivity contribution in [1.29, 1.82) is 0 Å². The summed E-state index contributed by atoms with van der Waals surface area (Å²) in [6.45, 7) is 3.95. The van der Waals surface area contributed by atoms with Crippen LogP contribution in [-0.4, -0.2) is 19.2 Å². The molecule has 0 N–H and O–H groups in total. The lowest BCUT2D eigenvalue weighted by atomic mass is 9.91. The van der Waals surface area contributed by atoms with Gasteiger partial charge in [0.25, 0.3) is 0 Å². The van der Waals surface area contributed by atoms with Gasteiger partial charge in [0.05, 0.1) is 13.2 Å². The third-order valence-corrected chi connectivity index (χ3v) is 3.57. The van der Waals surface area contributed by atoms with Crippen LogP contribution < -0.4 is 0 Å².